The Morgan fingerprint density at radius 1 is 0.971 bits per heavy atom. The number of rotatable bonds is 8. The Hall–Kier alpha value is -4.10. The molecule has 5 rings (SSSR count). The van der Waals surface area contributed by atoms with E-state index >= 15 is 0 Å². The van der Waals surface area contributed by atoms with Crippen molar-refractivity contribution in [3.8, 4) is 5.75 Å². The number of imidazole rings is 1. The summed E-state index contributed by atoms with van der Waals surface area (Å²) in [6.07, 6.45) is 1.65. The van der Waals surface area contributed by atoms with Crippen LogP contribution in [0.4, 0.5) is 0 Å². The number of fused-ring (bicyclic) bond motifs is 2. The summed E-state index contributed by atoms with van der Waals surface area (Å²) in [5, 5.41) is 6.99. The van der Waals surface area contributed by atoms with Crippen molar-refractivity contribution in [1.29, 1.82) is 0 Å². The van der Waals surface area contributed by atoms with Crippen LogP contribution in [0.5, 0.6) is 5.75 Å². The molecular weight excluding hydrogens is 444 g/mol. The zero-order valence-electron chi connectivity index (χ0n) is 18.3. The van der Waals surface area contributed by atoms with Crippen molar-refractivity contribution >= 4 is 45.7 Å². The summed E-state index contributed by atoms with van der Waals surface area (Å²) in [5.74, 6) is 0.690. The molecule has 1 amide bonds. The molecule has 0 aliphatic carbocycles. The lowest BCUT2D eigenvalue weighted by Gasteiger charge is -2.12. The van der Waals surface area contributed by atoms with Gasteiger partial charge in [0.2, 0.25) is 0 Å². The number of carbonyl (C=O) groups is 1. The molecule has 4 aromatic carbocycles. The van der Waals surface area contributed by atoms with Crippen molar-refractivity contribution in [1.82, 2.24) is 15.4 Å². The molecule has 0 saturated heterocycles. The fourth-order valence-corrected chi connectivity index (χ4v) is 4.28. The van der Waals surface area contributed by atoms with Crippen molar-refractivity contribution in [2.45, 2.75) is 11.8 Å². The molecule has 5 aromatic rings. The number of amides is 1. The first-order valence-corrected chi connectivity index (χ1v) is 11.8. The molecule has 0 spiro atoms. The van der Waals surface area contributed by atoms with Gasteiger partial charge in [-0.05, 0) is 34.5 Å². The Morgan fingerprint density at radius 2 is 1.76 bits per heavy atom. The van der Waals surface area contributed by atoms with Gasteiger partial charge in [-0.15, -0.1) is 0 Å². The molecule has 168 valence electrons. The van der Waals surface area contributed by atoms with E-state index in [-0.39, 0.29) is 11.7 Å². The van der Waals surface area contributed by atoms with Gasteiger partial charge >= 0.3 is 0 Å². The molecule has 2 N–H and O–H groups in total. The molecule has 7 heteroatoms. The minimum atomic E-state index is -0.214. The highest BCUT2D eigenvalue weighted by Gasteiger charge is 2.09. The van der Waals surface area contributed by atoms with Crippen LogP contribution in [0.1, 0.15) is 11.1 Å². The van der Waals surface area contributed by atoms with Gasteiger partial charge in [0.1, 0.15) is 12.4 Å². The third kappa shape index (κ3) is 5.10. The second-order valence-electron chi connectivity index (χ2n) is 7.61. The maximum Gasteiger partial charge on any atom is 0.250 e. The highest BCUT2D eigenvalue weighted by molar-refractivity contribution is 7.99. The predicted octanol–water partition coefficient (Wildman–Crippen LogP) is 5.54. The lowest BCUT2D eigenvalue weighted by Crippen LogP contribution is -2.19. The zero-order chi connectivity index (χ0) is 23.2. The fraction of sp³-hybridized carbons (Fsp3) is 0.0741. The summed E-state index contributed by atoms with van der Waals surface area (Å²) >= 11 is 1.33. The van der Waals surface area contributed by atoms with E-state index in [0.717, 1.165) is 32.9 Å². The van der Waals surface area contributed by atoms with E-state index in [2.05, 4.69) is 20.5 Å². The first-order valence-electron chi connectivity index (χ1n) is 10.8. The first kappa shape index (κ1) is 21.7. The smallest absolute Gasteiger partial charge is 0.250 e. The molecule has 1 aromatic heterocycles. The number of benzene rings is 4. The zero-order valence-corrected chi connectivity index (χ0v) is 19.1. The molecule has 0 fully saturated rings. The van der Waals surface area contributed by atoms with Gasteiger partial charge in [0.05, 0.1) is 23.0 Å². The highest BCUT2D eigenvalue weighted by Crippen LogP contribution is 2.27. The van der Waals surface area contributed by atoms with E-state index in [0.29, 0.717) is 17.5 Å². The number of aromatic amines is 1. The molecule has 1 heterocycles. The van der Waals surface area contributed by atoms with Gasteiger partial charge in [0, 0.05) is 5.56 Å². The van der Waals surface area contributed by atoms with Gasteiger partial charge in [-0.3, -0.25) is 4.79 Å². The molecular formula is C27H22N4O2S. The van der Waals surface area contributed by atoms with Crippen molar-refractivity contribution < 1.29 is 9.53 Å². The number of carbonyl (C=O) groups excluding carboxylic acids is 1. The molecule has 34 heavy (non-hydrogen) atoms. The summed E-state index contributed by atoms with van der Waals surface area (Å²) in [4.78, 5) is 20.0. The summed E-state index contributed by atoms with van der Waals surface area (Å²) < 4.78 is 6.10. The Balaban J connectivity index is 1.27. The molecule has 0 radical (unpaired) electrons. The number of nitrogens with zero attached hydrogens (tertiary/aromatic N) is 2. The number of ether oxygens (including phenoxy) is 1. The van der Waals surface area contributed by atoms with Crippen molar-refractivity contribution in [2.24, 2.45) is 5.10 Å². The lowest BCUT2D eigenvalue weighted by molar-refractivity contribution is -0.118. The van der Waals surface area contributed by atoms with Crippen LogP contribution in [0.2, 0.25) is 0 Å². The molecule has 0 saturated carbocycles. The molecule has 0 aliphatic heterocycles. The minimum Gasteiger partial charge on any atom is -0.488 e. The largest absolute Gasteiger partial charge is 0.488 e. The number of aromatic nitrogens is 2. The summed E-state index contributed by atoms with van der Waals surface area (Å²) in [6, 6.07) is 29.7. The fourth-order valence-electron chi connectivity index (χ4n) is 3.60. The monoisotopic (exact) mass is 466 g/mol. The highest BCUT2D eigenvalue weighted by atomic mass is 32.2. The average Bonchev–Trinajstić information content (AvgIpc) is 3.30. The van der Waals surface area contributed by atoms with Crippen LogP contribution in [-0.4, -0.2) is 27.8 Å². The van der Waals surface area contributed by atoms with Crippen molar-refractivity contribution in [2.75, 3.05) is 5.75 Å². The summed E-state index contributed by atoms with van der Waals surface area (Å²) in [5.41, 5.74) is 6.33. The SMILES string of the molecule is O=C(CSc1nc2ccccc2[nH]1)N/N=C\c1c(OCc2ccccc2)ccc2ccccc12. The van der Waals surface area contributed by atoms with Gasteiger partial charge < -0.3 is 9.72 Å². The number of hydrogen-bond donors (Lipinski definition) is 2. The standard InChI is InChI=1S/C27H22N4O2S/c32-26(18-34-27-29-23-12-6-7-13-24(23)30-27)31-28-16-22-21-11-5-4-10-20(21)14-15-25(22)33-17-19-8-2-1-3-9-19/h1-16H,17-18H2,(H,29,30)(H,31,32)/b28-16-. The second-order valence-corrected chi connectivity index (χ2v) is 8.58. The van der Waals surface area contributed by atoms with Crippen LogP contribution in [0.15, 0.2) is 101 Å². The lowest BCUT2D eigenvalue weighted by atomic mass is 10.0. The number of hydrogen-bond acceptors (Lipinski definition) is 5. The molecule has 0 atom stereocenters. The van der Waals surface area contributed by atoms with Gasteiger partial charge in [0.25, 0.3) is 5.91 Å². The maximum absolute atomic E-state index is 12.4. The number of thioether (sulfide) groups is 1. The van der Waals surface area contributed by atoms with Crippen LogP contribution in [0.25, 0.3) is 21.8 Å². The quantitative estimate of drug-likeness (QED) is 0.179. The van der Waals surface area contributed by atoms with Crippen LogP contribution < -0.4 is 10.2 Å². The van der Waals surface area contributed by atoms with Crippen LogP contribution in [0.3, 0.4) is 0 Å². The van der Waals surface area contributed by atoms with Crippen LogP contribution in [-0.2, 0) is 11.4 Å². The normalized spacial score (nSPS) is 11.3. The van der Waals surface area contributed by atoms with E-state index < -0.39 is 0 Å². The van der Waals surface area contributed by atoms with Crippen LogP contribution in [0, 0.1) is 0 Å². The van der Waals surface area contributed by atoms with Crippen molar-refractivity contribution in [3.63, 3.8) is 0 Å². The third-order valence-corrected chi connectivity index (χ3v) is 6.13. The second kappa shape index (κ2) is 10.2. The minimum absolute atomic E-state index is 0.198. The van der Waals surface area contributed by atoms with Gasteiger partial charge in [0.15, 0.2) is 5.16 Å². The summed E-state index contributed by atoms with van der Waals surface area (Å²) in [6.45, 7) is 0.445. The first-order chi connectivity index (χ1) is 16.8. The number of nitrogens with one attached hydrogen (secondary N) is 2. The Kier molecular flexibility index (Phi) is 6.54. The molecule has 0 unspecified atom stereocenters. The van der Waals surface area contributed by atoms with Crippen LogP contribution >= 0.6 is 11.8 Å². The molecule has 0 bridgehead atoms. The maximum atomic E-state index is 12.4. The topological polar surface area (TPSA) is 79.4 Å². The van der Waals surface area contributed by atoms with E-state index in [1.165, 1.54) is 11.8 Å². The summed E-state index contributed by atoms with van der Waals surface area (Å²) in [7, 11) is 0. The van der Waals surface area contributed by atoms with Gasteiger partial charge in [-0.1, -0.05) is 84.6 Å². The Bertz CT molecular complexity index is 1430. The molecule has 6 nitrogen and oxygen atoms in total. The third-order valence-electron chi connectivity index (χ3n) is 5.26. The van der Waals surface area contributed by atoms with E-state index in [1.54, 1.807) is 6.21 Å². The predicted molar refractivity (Wildman–Crippen MR) is 137 cm³/mol. The van der Waals surface area contributed by atoms with Gasteiger partial charge in [-0.25, -0.2) is 10.4 Å². The van der Waals surface area contributed by atoms with E-state index in [4.69, 9.17) is 4.74 Å². The number of hydrazone groups is 1. The Labute approximate surface area is 201 Å². The number of H-pyrrole nitrogens is 1. The number of para-hydroxylation sites is 2. The van der Waals surface area contributed by atoms with Gasteiger partial charge in [-0.2, -0.15) is 5.10 Å². The van der Waals surface area contributed by atoms with Crippen molar-refractivity contribution in [3.05, 3.63) is 102 Å². The molecule has 0 aliphatic rings. The van der Waals surface area contributed by atoms with E-state index in [9.17, 15) is 4.79 Å². The Morgan fingerprint density at radius 3 is 2.65 bits per heavy atom. The average molecular weight is 467 g/mol. The van der Waals surface area contributed by atoms with E-state index in [1.807, 2.05) is 91.0 Å².